The summed E-state index contributed by atoms with van der Waals surface area (Å²) in [4.78, 5) is 8.00. The van der Waals surface area contributed by atoms with Crippen LogP contribution in [0.15, 0.2) is 6.20 Å². The van der Waals surface area contributed by atoms with E-state index in [1.54, 1.807) is 11.3 Å². The van der Waals surface area contributed by atoms with Crippen LogP contribution in [0.25, 0.3) is 0 Å². The van der Waals surface area contributed by atoms with Gasteiger partial charge in [-0.25, -0.2) is 4.98 Å². The van der Waals surface area contributed by atoms with E-state index < -0.39 is 0 Å². The molecule has 0 amide bonds. The van der Waals surface area contributed by atoms with Crippen LogP contribution in [-0.4, -0.2) is 34.7 Å². The van der Waals surface area contributed by atoms with Gasteiger partial charge in [0.05, 0.1) is 11.1 Å². The molecule has 0 bridgehead atoms. The molecule has 0 aromatic carbocycles. The van der Waals surface area contributed by atoms with Crippen molar-refractivity contribution in [1.29, 1.82) is 0 Å². The molecule has 1 aromatic heterocycles. The minimum absolute atomic E-state index is 0.140. The monoisotopic (exact) mass is 256 g/mol. The first-order valence-corrected chi connectivity index (χ1v) is 6.92. The maximum Gasteiger partial charge on any atom is 0.0981 e. The molecule has 0 fully saturated rings. The average molecular weight is 256 g/mol. The predicted octanol–water partition coefficient (Wildman–Crippen LogP) is 2.64. The van der Waals surface area contributed by atoms with E-state index in [1.165, 1.54) is 9.88 Å². The Morgan fingerprint density at radius 3 is 2.59 bits per heavy atom. The lowest BCUT2D eigenvalue weighted by molar-refractivity contribution is 0.163. The van der Waals surface area contributed by atoms with Crippen molar-refractivity contribution >= 4 is 11.3 Å². The lowest BCUT2D eigenvalue weighted by Crippen LogP contribution is -2.21. The fourth-order valence-corrected chi connectivity index (χ4v) is 2.53. The van der Waals surface area contributed by atoms with E-state index in [9.17, 15) is 5.11 Å². The van der Waals surface area contributed by atoms with Gasteiger partial charge in [0.1, 0.15) is 0 Å². The zero-order chi connectivity index (χ0) is 13.1. The highest BCUT2D eigenvalue weighted by atomic mass is 32.1. The third-order valence-electron chi connectivity index (χ3n) is 2.55. The zero-order valence-corrected chi connectivity index (χ0v) is 12.3. The number of rotatable bonds is 5. The molecular weight excluding hydrogens is 232 g/mol. The molecule has 17 heavy (non-hydrogen) atoms. The molecule has 0 aliphatic heterocycles. The van der Waals surface area contributed by atoms with Gasteiger partial charge >= 0.3 is 0 Å². The Hall–Kier alpha value is -0.450. The van der Waals surface area contributed by atoms with Gasteiger partial charge in [-0.05, 0) is 20.4 Å². The van der Waals surface area contributed by atoms with E-state index in [-0.39, 0.29) is 11.5 Å². The van der Waals surface area contributed by atoms with Crippen molar-refractivity contribution in [1.82, 2.24) is 9.88 Å². The van der Waals surface area contributed by atoms with Gasteiger partial charge in [-0.2, -0.15) is 0 Å². The Morgan fingerprint density at radius 2 is 2.12 bits per heavy atom. The molecule has 1 heterocycles. The van der Waals surface area contributed by atoms with Gasteiger partial charge in [0.2, 0.25) is 0 Å². The highest BCUT2D eigenvalue weighted by molar-refractivity contribution is 7.11. The summed E-state index contributed by atoms with van der Waals surface area (Å²) in [6.07, 6.45) is 2.58. The molecule has 0 spiro atoms. The summed E-state index contributed by atoms with van der Waals surface area (Å²) < 4.78 is 0. The second kappa shape index (κ2) is 5.94. The van der Waals surface area contributed by atoms with Crippen molar-refractivity contribution in [3.8, 4) is 0 Å². The SMILES string of the molecule is CC(O)CCN(C)Cc1cnc(C(C)(C)C)s1. The maximum atomic E-state index is 9.24. The summed E-state index contributed by atoms with van der Waals surface area (Å²) in [7, 11) is 2.08. The summed E-state index contributed by atoms with van der Waals surface area (Å²) in [6.45, 7) is 10.2. The first-order valence-electron chi connectivity index (χ1n) is 6.11. The fourth-order valence-electron chi connectivity index (χ4n) is 1.48. The van der Waals surface area contributed by atoms with E-state index in [1.807, 2.05) is 13.1 Å². The number of thiazole rings is 1. The third kappa shape index (κ3) is 5.15. The minimum atomic E-state index is -0.218. The van der Waals surface area contributed by atoms with Crippen molar-refractivity contribution in [2.24, 2.45) is 0 Å². The van der Waals surface area contributed by atoms with Crippen LogP contribution in [0.3, 0.4) is 0 Å². The lowest BCUT2D eigenvalue weighted by atomic mass is 9.98. The second-order valence-corrected chi connectivity index (χ2v) is 6.87. The van der Waals surface area contributed by atoms with E-state index in [0.717, 1.165) is 19.5 Å². The number of aliphatic hydroxyl groups is 1. The molecule has 0 saturated heterocycles. The predicted molar refractivity (Wildman–Crippen MR) is 73.4 cm³/mol. The Morgan fingerprint density at radius 1 is 1.47 bits per heavy atom. The van der Waals surface area contributed by atoms with E-state index >= 15 is 0 Å². The quantitative estimate of drug-likeness (QED) is 0.880. The molecular formula is C13H24N2OS. The molecule has 1 atom stereocenters. The first-order chi connectivity index (χ1) is 7.79. The fraction of sp³-hybridized carbons (Fsp3) is 0.769. The van der Waals surface area contributed by atoms with Gasteiger partial charge in [0.25, 0.3) is 0 Å². The molecule has 0 aliphatic carbocycles. The average Bonchev–Trinajstić information content (AvgIpc) is 2.62. The van der Waals surface area contributed by atoms with Gasteiger partial charge in [0.15, 0.2) is 0 Å². The molecule has 3 nitrogen and oxygen atoms in total. The van der Waals surface area contributed by atoms with Crippen LogP contribution < -0.4 is 0 Å². The summed E-state index contributed by atoms with van der Waals surface area (Å²) >= 11 is 1.79. The number of aliphatic hydroxyl groups excluding tert-OH is 1. The maximum absolute atomic E-state index is 9.24. The van der Waals surface area contributed by atoms with Crippen molar-refractivity contribution in [3.63, 3.8) is 0 Å². The van der Waals surface area contributed by atoms with E-state index in [2.05, 4.69) is 37.7 Å². The zero-order valence-electron chi connectivity index (χ0n) is 11.5. The summed E-state index contributed by atoms with van der Waals surface area (Å²) in [5.41, 5.74) is 0.140. The van der Waals surface area contributed by atoms with Crippen LogP contribution in [0, 0.1) is 0 Å². The summed E-state index contributed by atoms with van der Waals surface area (Å²) in [5.74, 6) is 0. The highest BCUT2D eigenvalue weighted by Crippen LogP contribution is 2.27. The van der Waals surface area contributed by atoms with Gasteiger partial charge < -0.3 is 10.0 Å². The first kappa shape index (κ1) is 14.6. The molecule has 1 N–H and O–H groups in total. The smallest absolute Gasteiger partial charge is 0.0981 e. The van der Waals surface area contributed by atoms with Gasteiger partial charge in [-0.3, -0.25) is 0 Å². The molecule has 4 heteroatoms. The molecule has 98 valence electrons. The molecule has 0 aliphatic rings. The molecule has 1 unspecified atom stereocenters. The minimum Gasteiger partial charge on any atom is -0.393 e. The van der Waals surface area contributed by atoms with Crippen molar-refractivity contribution in [2.45, 2.75) is 52.2 Å². The van der Waals surface area contributed by atoms with Crippen LogP contribution >= 0.6 is 11.3 Å². The van der Waals surface area contributed by atoms with Crippen molar-refractivity contribution in [2.75, 3.05) is 13.6 Å². The van der Waals surface area contributed by atoms with Crippen LogP contribution in [0.4, 0.5) is 0 Å². The Bertz CT molecular complexity index is 341. The summed E-state index contributed by atoms with van der Waals surface area (Å²) in [5, 5.41) is 10.4. The Balaban J connectivity index is 2.49. The molecule has 1 aromatic rings. The van der Waals surface area contributed by atoms with Crippen LogP contribution in [0.5, 0.6) is 0 Å². The number of aromatic nitrogens is 1. The van der Waals surface area contributed by atoms with Gasteiger partial charge in [0, 0.05) is 29.6 Å². The molecule has 0 radical (unpaired) electrons. The van der Waals surface area contributed by atoms with Crippen LogP contribution in [0.2, 0.25) is 0 Å². The topological polar surface area (TPSA) is 36.4 Å². The van der Waals surface area contributed by atoms with Crippen molar-refractivity contribution in [3.05, 3.63) is 16.1 Å². The van der Waals surface area contributed by atoms with Gasteiger partial charge in [-0.1, -0.05) is 20.8 Å². The number of hydrogen-bond donors (Lipinski definition) is 1. The standard InChI is InChI=1S/C13H24N2OS/c1-10(16)6-7-15(5)9-11-8-14-12(17-11)13(2,3)4/h8,10,16H,6-7,9H2,1-5H3. The third-order valence-corrected chi connectivity index (χ3v) is 3.96. The second-order valence-electron chi connectivity index (χ2n) is 5.76. The van der Waals surface area contributed by atoms with Gasteiger partial charge in [-0.15, -0.1) is 11.3 Å². The van der Waals surface area contributed by atoms with Crippen molar-refractivity contribution < 1.29 is 5.11 Å². The largest absolute Gasteiger partial charge is 0.393 e. The number of hydrogen-bond acceptors (Lipinski definition) is 4. The number of nitrogens with zero attached hydrogens (tertiary/aromatic N) is 2. The Labute approximate surface area is 108 Å². The van der Waals surface area contributed by atoms with Crippen LogP contribution in [-0.2, 0) is 12.0 Å². The normalized spacial score (nSPS) is 14.3. The Kier molecular flexibility index (Phi) is 5.10. The molecule has 0 saturated carbocycles. The van der Waals surface area contributed by atoms with Crippen LogP contribution in [0.1, 0.15) is 44.0 Å². The summed E-state index contributed by atoms with van der Waals surface area (Å²) in [6, 6.07) is 0. The van der Waals surface area contributed by atoms with E-state index in [0.29, 0.717) is 0 Å². The lowest BCUT2D eigenvalue weighted by Gasteiger charge is -2.16. The molecule has 1 rings (SSSR count). The van der Waals surface area contributed by atoms with E-state index in [4.69, 9.17) is 0 Å². The highest BCUT2D eigenvalue weighted by Gasteiger charge is 2.18.